The van der Waals surface area contributed by atoms with E-state index >= 15 is 0 Å². The van der Waals surface area contributed by atoms with Gasteiger partial charge in [-0.25, -0.2) is 5.48 Å². The van der Waals surface area contributed by atoms with Crippen LogP contribution < -0.4 is 5.48 Å². The number of hydrogen-bond acceptors (Lipinski definition) is 3. The number of thiocarbonyl (C=S) groups is 1. The fourth-order valence-corrected chi connectivity index (χ4v) is 1.44. The monoisotopic (exact) mass is 217 g/mol. The fourth-order valence-electron chi connectivity index (χ4n) is 1.24. The predicted molar refractivity (Wildman–Crippen MR) is 65.6 cm³/mol. The summed E-state index contributed by atoms with van der Waals surface area (Å²) in [5, 5.41) is 0. The van der Waals surface area contributed by atoms with E-state index in [0.717, 1.165) is 22.7 Å². The summed E-state index contributed by atoms with van der Waals surface area (Å²) in [6.45, 7) is 0. The van der Waals surface area contributed by atoms with E-state index in [1.807, 2.05) is 48.6 Å². The Kier molecular flexibility index (Phi) is 3.15. The minimum atomic E-state index is 0.719. The van der Waals surface area contributed by atoms with E-state index in [0.29, 0.717) is 0 Å². The SMILES string of the molecule is S=C1CC=CC=C1ONc1ccccc1. The van der Waals surface area contributed by atoms with Gasteiger partial charge in [-0.05, 0) is 18.2 Å². The van der Waals surface area contributed by atoms with Crippen LogP contribution in [0.3, 0.4) is 0 Å². The average Bonchev–Trinajstić information content (AvgIpc) is 2.29. The van der Waals surface area contributed by atoms with E-state index < -0.39 is 0 Å². The van der Waals surface area contributed by atoms with Crippen molar-refractivity contribution in [2.75, 3.05) is 5.48 Å². The summed E-state index contributed by atoms with van der Waals surface area (Å²) in [4.78, 5) is 6.22. The van der Waals surface area contributed by atoms with Crippen molar-refractivity contribution in [2.45, 2.75) is 6.42 Å². The standard InChI is InChI=1S/C12H11NOS/c15-12-9-5-4-8-11(12)14-13-10-6-2-1-3-7-10/h1-8,13H,9H2. The van der Waals surface area contributed by atoms with E-state index in [-0.39, 0.29) is 0 Å². The molecule has 2 nitrogen and oxygen atoms in total. The van der Waals surface area contributed by atoms with E-state index in [1.165, 1.54) is 0 Å². The number of anilines is 1. The second-order valence-corrected chi connectivity index (χ2v) is 3.65. The van der Waals surface area contributed by atoms with Crippen molar-refractivity contribution in [1.29, 1.82) is 0 Å². The molecule has 1 aromatic carbocycles. The molecule has 0 fully saturated rings. The first-order chi connectivity index (χ1) is 7.36. The van der Waals surface area contributed by atoms with Gasteiger partial charge in [0.2, 0.25) is 0 Å². The van der Waals surface area contributed by atoms with Crippen LogP contribution in [0, 0.1) is 0 Å². The van der Waals surface area contributed by atoms with Crippen molar-refractivity contribution in [3.63, 3.8) is 0 Å². The molecule has 0 atom stereocenters. The summed E-state index contributed by atoms with van der Waals surface area (Å²) in [7, 11) is 0. The van der Waals surface area contributed by atoms with Gasteiger partial charge >= 0.3 is 0 Å². The maximum atomic E-state index is 5.40. The number of para-hydroxylation sites is 1. The first kappa shape index (κ1) is 9.93. The van der Waals surface area contributed by atoms with Gasteiger partial charge in [-0.2, -0.15) is 0 Å². The summed E-state index contributed by atoms with van der Waals surface area (Å²) in [6, 6.07) is 9.71. The molecule has 0 aliphatic heterocycles. The minimum absolute atomic E-state index is 0.719. The lowest BCUT2D eigenvalue weighted by Crippen LogP contribution is -2.09. The smallest absolute Gasteiger partial charge is 0.169 e. The molecule has 1 N–H and O–H groups in total. The third kappa shape index (κ3) is 2.67. The van der Waals surface area contributed by atoms with E-state index in [1.54, 1.807) is 0 Å². The largest absolute Gasteiger partial charge is 0.381 e. The topological polar surface area (TPSA) is 21.3 Å². The number of allylic oxidation sites excluding steroid dienone is 4. The Morgan fingerprint density at radius 1 is 1.20 bits per heavy atom. The van der Waals surface area contributed by atoms with Crippen molar-refractivity contribution in [3.8, 4) is 0 Å². The molecule has 76 valence electrons. The Bertz CT molecular complexity index is 409. The van der Waals surface area contributed by atoms with Crippen LogP contribution in [0.5, 0.6) is 0 Å². The molecular weight excluding hydrogens is 206 g/mol. The van der Waals surface area contributed by atoms with Gasteiger partial charge in [0.05, 0.1) is 10.6 Å². The molecule has 0 spiro atoms. The van der Waals surface area contributed by atoms with E-state index in [4.69, 9.17) is 17.1 Å². The molecule has 3 heteroatoms. The lowest BCUT2D eigenvalue weighted by molar-refractivity contribution is 0.307. The second kappa shape index (κ2) is 4.75. The van der Waals surface area contributed by atoms with Crippen molar-refractivity contribution in [3.05, 3.63) is 54.3 Å². The highest BCUT2D eigenvalue weighted by Crippen LogP contribution is 2.13. The van der Waals surface area contributed by atoms with Crippen molar-refractivity contribution >= 4 is 22.8 Å². The normalized spacial score (nSPS) is 14.7. The Hall–Kier alpha value is -1.61. The van der Waals surface area contributed by atoms with Crippen LogP contribution in [0.4, 0.5) is 5.69 Å². The minimum Gasteiger partial charge on any atom is -0.381 e. The zero-order valence-corrected chi connectivity index (χ0v) is 8.96. The molecule has 0 saturated heterocycles. The molecule has 0 heterocycles. The van der Waals surface area contributed by atoms with Gasteiger partial charge < -0.3 is 4.84 Å². The highest BCUT2D eigenvalue weighted by Gasteiger charge is 2.07. The summed E-state index contributed by atoms with van der Waals surface area (Å²) < 4.78 is 0. The predicted octanol–water partition coefficient (Wildman–Crippen LogP) is 3.24. The Morgan fingerprint density at radius 2 is 2.00 bits per heavy atom. The van der Waals surface area contributed by atoms with Crippen LogP contribution in [-0.2, 0) is 4.84 Å². The molecule has 0 aromatic heterocycles. The number of rotatable bonds is 3. The highest BCUT2D eigenvalue weighted by atomic mass is 32.1. The van der Waals surface area contributed by atoms with Gasteiger partial charge in [0.25, 0.3) is 0 Å². The first-order valence-electron chi connectivity index (χ1n) is 4.74. The number of nitrogens with one attached hydrogen (secondary N) is 1. The molecule has 0 bridgehead atoms. The van der Waals surface area contributed by atoms with Crippen molar-refractivity contribution in [2.24, 2.45) is 0 Å². The van der Waals surface area contributed by atoms with Crippen LogP contribution in [0.25, 0.3) is 0 Å². The summed E-state index contributed by atoms with van der Waals surface area (Å²) in [5.41, 5.74) is 3.77. The van der Waals surface area contributed by atoms with Gasteiger partial charge in [0.15, 0.2) is 5.76 Å². The van der Waals surface area contributed by atoms with Gasteiger partial charge in [0.1, 0.15) is 0 Å². The van der Waals surface area contributed by atoms with E-state index in [9.17, 15) is 0 Å². The third-order valence-electron chi connectivity index (χ3n) is 2.01. The molecule has 0 unspecified atom stereocenters. The first-order valence-corrected chi connectivity index (χ1v) is 5.15. The van der Waals surface area contributed by atoms with Crippen LogP contribution in [0.2, 0.25) is 0 Å². The Morgan fingerprint density at radius 3 is 2.73 bits per heavy atom. The van der Waals surface area contributed by atoms with Crippen LogP contribution >= 0.6 is 12.2 Å². The molecule has 1 aromatic rings. The molecule has 0 amide bonds. The maximum Gasteiger partial charge on any atom is 0.169 e. The number of benzene rings is 1. The maximum absolute atomic E-state index is 5.40. The zero-order chi connectivity index (χ0) is 10.5. The lowest BCUT2D eigenvalue weighted by Gasteiger charge is -2.13. The molecule has 15 heavy (non-hydrogen) atoms. The third-order valence-corrected chi connectivity index (χ3v) is 2.38. The second-order valence-electron chi connectivity index (χ2n) is 3.16. The average molecular weight is 217 g/mol. The van der Waals surface area contributed by atoms with E-state index in [2.05, 4.69) is 5.48 Å². The molecule has 0 radical (unpaired) electrons. The number of hydrogen-bond donors (Lipinski definition) is 1. The molecule has 1 aliphatic rings. The zero-order valence-electron chi connectivity index (χ0n) is 8.14. The van der Waals surface area contributed by atoms with Crippen LogP contribution in [0.1, 0.15) is 6.42 Å². The lowest BCUT2D eigenvalue weighted by atomic mass is 10.2. The Labute approximate surface area is 94.2 Å². The van der Waals surface area contributed by atoms with Gasteiger partial charge in [-0.15, -0.1) is 0 Å². The van der Waals surface area contributed by atoms with Crippen LogP contribution in [0.15, 0.2) is 54.3 Å². The fraction of sp³-hybridized carbons (Fsp3) is 0.0833. The molecule has 2 rings (SSSR count). The Balaban J connectivity index is 1.96. The van der Waals surface area contributed by atoms with Crippen LogP contribution in [-0.4, -0.2) is 4.86 Å². The van der Waals surface area contributed by atoms with Crippen molar-refractivity contribution < 1.29 is 4.84 Å². The summed E-state index contributed by atoms with van der Waals surface area (Å²) in [5.74, 6) is 0.719. The molecular formula is C12H11NOS. The van der Waals surface area contributed by atoms with Gasteiger partial charge in [0, 0.05) is 6.42 Å². The summed E-state index contributed by atoms with van der Waals surface area (Å²) >= 11 is 5.16. The van der Waals surface area contributed by atoms with Gasteiger partial charge in [-0.1, -0.05) is 42.6 Å². The summed E-state index contributed by atoms with van der Waals surface area (Å²) in [6.07, 6.45) is 6.59. The van der Waals surface area contributed by atoms with Crippen molar-refractivity contribution in [1.82, 2.24) is 0 Å². The quantitative estimate of drug-likeness (QED) is 0.620. The highest BCUT2D eigenvalue weighted by molar-refractivity contribution is 7.80. The molecule has 0 saturated carbocycles. The van der Waals surface area contributed by atoms with Gasteiger partial charge in [-0.3, -0.25) is 0 Å². The molecule has 1 aliphatic carbocycles.